The predicted octanol–water partition coefficient (Wildman–Crippen LogP) is 3.73. The van der Waals surface area contributed by atoms with Gasteiger partial charge >= 0.3 is 5.69 Å². The molecule has 2 heterocycles. The number of nitrogens with zero attached hydrogens (tertiary/aromatic N) is 2. The van der Waals surface area contributed by atoms with Crippen molar-refractivity contribution in [3.05, 3.63) is 96.1 Å². The maximum absolute atomic E-state index is 13.6. The second-order valence-corrected chi connectivity index (χ2v) is 8.19. The molecule has 2 aromatic heterocycles. The van der Waals surface area contributed by atoms with E-state index in [4.69, 9.17) is 0 Å². The van der Waals surface area contributed by atoms with Crippen LogP contribution in [0.25, 0.3) is 0 Å². The summed E-state index contributed by atoms with van der Waals surface area (Å²) < 4.78 is 14.6. The summed E-state index contributed by atoms with van der Waals surface area (Å²) in [7, 11) is 0. The third-order valence-electron chi connectivity index (χ3n) is 5.06. The highest BCUT2D eigenvalue weighted by Gasteiger charge is 2.25. The second kappa shape index (κ2) is 8.79. The van der Waals surface area contributed by atoms with E-state index in [1.807, 2.05) is 26.0 Å². The molecular weight excluding hydrogens is 397 g/mol. The summed E-state index contributed by atoms with van der Waals surface area (Å²) in [5.41, 5.74) is 2.72. The van der Waals surface area contributed by atoms with Crippen LogP contribution in [-0.4, -0.2) is 20.3 Å². The quantitative estimate of drug-likeness (QED) is 0.612. The fourth-order valence-corrected chi connectivity index (χ4v) is 3.92. The van der Waals surface area contributed by atoms with Crippen LogP contribution in [0.15, 0.2) is 39.9 Å². The molecule has 0 saturated heterocycles. The minimum absolute atomic E-state index is 0.0336. The molecule has 3 rings (SSSR count). The fraction of sp³-hybridized carbons (Fsp3) is 0.333. The Morgan fingerprint density at radius 3 is 2.26 bits per heavy atom. The largest absolute Gasteiger partial charge is 0.329 e. The summed E-state index contributed by atoms with van der Waals surface area (Å²) in [6.45, 7) is 8.44. The van der Waals surface area contributed by atoms with Gasteiger partial charge in [-0.1, -0.05) is 25.5 Å². The number of halogens is 1. The van der Waals surface area contributed by atoms with Gasteiger partial charge in [0.05, 0.1) is 6.54 Å². The van der Waals surface area contributed by atoms with Gasteiger partial charge in [-0.2, -0.15) is 0 Å². The van der Waals surface area contributed by atoms with Gasteiger partial charge in [0.1, 0.15) is 12.4 Å². The molecule has 0 aliphatic rings. The summed E-state index contributed by atoms with van der Waals surface area (Å²) in [5, 5.41) is 0. The van der Waals surface area contributed by atoms with Crippen molar-refractivity contribution in [1.29, 1.82) is 0 Å². The Morgan fingerprint density at radius 1 is 1.03 bits per heavy atom. The molecule has 0 atom stereocenters. The molecule has 0 fully saturated rings. The molecule has 0 bridgehead atoms. The van der Waals surface area contributed by atoms with Crippen molar-refractivity contribution in [1.82, 2.24) is 14.5 Å². The van der Waals surface area contributed by atoms with Crippen LogP contribution in [0.1, 0.15) is 69.5 Å². The standard InChI is InChI=1S/C24H26FN3O3/c1-13(2)20-21(22(29)19-7-14(3)6-17(10-19)11-25)28(24(31)27-23(20)30)12-18-8-15(4)26-16(5)9-18/h6-10,13H,11-12H2,1-5H3,(H,27,30,31). The summed E-state index contributed by atoms with van der Waals surface area (Å²) in [5.74, 6) is -0.784. The van der Waals surface area contributed by atoms with E-state index in [2.05, 4.69) is 9.97 Å². The topological polar surface area (TPSA) is 84.8 Å². The molecule has 31 heavy (non-hydrogen) atoms. The Bertz CT molecular complexity index is 1250. The Labute approximate surface area is 179 Å². The highest BCUT2D eigenvalue weighted by atomic mass is 19.1. The van der Waals surface area contributed by atoms with Crippen LogP contribution in [-0.2, 0) is 13.2 Å². The van der Waals surface area contributed by atoms with Crippen molar-refractivity contribution >= 4 is 5.78 Å². The van der Waals surface area contributed by atoms with Crippen LogP contribution < -0.4 is 11.2 Å². The average molecular weight is 423 g/mol. The maximum atomic E-state index is 13.6. The number of alkyl halides is 1. The molecule has 0 radical (unpaired) electrons. The number of H-pyrrole nitrogens is 1. The number of rotatable bonds is 6. The number of carbonyl (C=O) groups is 1. The highest BCUT2D eigenvalue weighted by molar-refractivity contribution is 6.09. The number of carbonyl (C=O) groups excluding carboxylic acids is 1. The lowest BCUT2D eigenvalue weighted by Crippen LogP contribution is -2.38. The smallest absolute Gasteiger partial charge is 0.287 e. The number of pyridine rings is 1. The van der Waals surface area contributed by atoms with Crippen LogP contribution >= 0.6 is 0 Å². The van der Waals surface area contributed by atoms with Gasteiger partial charge < -0.3 is 0 Å². The number of nitrogens with one attached hydrogen (secondary N) is 1. The first-order valence-electron chi connectivity index (χ1n) is 10.1. The SMILES string of the molecule is Cc1cc(CF)cc(C(=O)c2c(C(C)C)c(=O)[nH]c(=O)n2Cc2cc(C)nc(C)c2)c1. The van der Waals surface area contributed by atoms with Crippen molar-refractivity contribution in [2.45, 2.75) is 53.8 Å². The van der Waals surface area contributed by atoms with E-state index in [1.165, 1.54) is 10.6 Å². The van der Waals surface area contributed by atoms with Gasteiger partial charge in [0.2, 0.25) is 5.78 Å². The lowest BCUT2D eigenvalue weighted by molar-refractivity contribution is 0.102. The molecule has 0 spiro atoms. The normalized spacial score (nSPS) is 11.2. The number of hydrogen-bond donors (Lipinski definition) is 1. The van der Waals surface area contributed by atoms with E-state index in [-0.39, 0.29) is 29.3 Å². The molecule has 0 unspecified atom stereocenters. The highest BCUT2D eigenvalue weighted by Crippen LogP contribution is 2.21. The van der Waals surface area contributed by atoms with E-state index in [0.717, 1.165) is 22.5 Å². The third-order valence-corrected chi connectivity index (χ3v) is 5.06. The van der Waals surface area contributed by atoms with Gasteiger partial charge in [-0.3, -0.25) is 24.1 Å². The zero-order valence-electron chi connectivity index (χ0n) is 18.4. The zero-order valence-corrected chi connectivity index (χ0v) is 18.4. The van der Waals surface area contributed by atoms with Crippen LogP contribution in [0.4, 0.5) is 4.39 Å². The molecule has 1 N–H and O–H groups in total. The number of aromatic amines is 1. The monoisotopic (exact) mass is 423 g/mol. The summed E-state index contributed by atoms with van der Waals surface area (Å²) in [6.07, 6.45) is 0. The van der Waals surface area contributed by atoms with Crippen molar-refractivity contribution in [3.63, 3.8) is 0 Å². The van der Waals surface area contributed by atoms with E-state index in [0.29, 0.717) is 5.56 Å². The van der Waals surface area contributed by atoms with E-state index in [9.17, 15) is 18.8 Å². The van der Waals surface area contributed by atoms with Crippen molar-refractivity contribution in [3.8, 4) is 0 Å². The van der Waals surface area contributed by atoms with Crippen molar-refractivity contribution in [2.24, 2.45) is 0 Å². The molecule has 0 aliphatic heterocycles. The van der Waals surface area contributed by atoms with Crippen molar-refractivity contribution in [2.75, 3.05) is 0 Å². The maximum Gasteiger partial charge on any atom is 0.329 e. The Kier molecular flexibility index (Phi) is 6.34. The molecule has 0 aliphatic carbocycles. The summed E-state index contributed by atoms with van der Waals surface area (Å²) >= 11 is 0. The first-order chi connectivity index (χ1) is 14.6. The van der Waals surface area contributed by atoms with Crippen LogP contribution in [0, 0.1) is 20.8 Å². The molecule has 0 saturated carbocycles. The van der Waals surface area contributed by atoms with Gasteiger partial charge in [0, 0.05) is 22.5 Å². The molecule has 1 aromatic carbocycles. The first-order valence-corrected chi connectivity index (χ1v) is 10.1. The second-order valence-electron chi connectivity index (χ2n) is 8.19. The molecule has 162 valence electrons. The fourth-order valence-electron chi connectivity index (χ4n) is 3.92. The van der Waals surface area contributed by atoms with Gasteiger partial charge in [-0.15, -0.1) is 0 Å². The number of aryl methyl sites for hydroxylation is 3. The minimum atomic E-state index is -0.712. The van der Waals surface area contributed by atoms with Gasteiger partial charge in [0.25, 0.3) is 5.56 Å². The van der Waals surface area contributed by atoms with E-state index < -0.39 is 23.7 Å². The first kappa shape index (κ1) is 22.3. The minimum Gasteiger partial charge on any atom is -0.287 e. The molecule has 6 nitrogen and oxygen atoms in total. The molecule has 7 heteroatoms. The molecular formula is C24H26FN3O3. The van der Waals surface area contributed by atoms with Gasteiger partial charge in [-0.05, 0) is 62.1 Å². The number of hydrogen-bond acceptors (Lipinski definition) is 4. The summed E-state index contributed by atoms with van der Waals surface area (Å²) in [6, 6.07) is 8.44. The van der Waals surface area contributed by atoms with Crippen LogP contribution in [0.2, 0.25) is 0 Å². The lowest BCUT2D eigenvalue weighted by atomic mass is 9.95. The summed E-state index contributed by atoms with van der Waals surface area (Å²) in [4.78, 5) is 45.7. The molecule has 3 aromatic rings. The Morgan fingerprint density at radius 2 is 1.68 bits per heavy atom. The molecule has 0 amide bonds. The average Bonchev–Trinajstić information content (AvgIpc) is 2.67. The lowest BCUT2D eigenvalue weighted by Gasteiger charge is -2.18. The van der Waals surface area contributed by atoms with Crippen LogP contribution in [0.3, 0.4) is 0 Å². The van der Waals surface area contributed by atoms with E-state index in [1.54, 1.807) is 32.9 Å². The third kappa shape index (κ3) is 4.71. The Hall–Kier alpha value is -3.35. The number of ketones is 1. The Balaban J connectivity index is 2.28. The number of benzene rings is 1. The number of aromatic nitrogens is 3. The predicted molar refractivity (Wildman–Crippen MR) is 118 cm³/mol. The zero-order chi connectivity index (χ0) is 22.9. The van der Waals surface area contributed by atoms with Gasteiger partial charge in [-0.25, -0.2) is 9.18 Å². The van der Waals surface area contributed by atoms with Crippen molar-refractivity contribution < 1.29 is 9.18 Å². The van der Waals surface area contributed by atoms with E-state index >= 15 is 0 Å². The van der Waals surface area contributed by atoms with Crippen LogP contribution in [0.5, 0.6) is 0 Å². The van der Waals surface area contributed by atoms with Gasteiger partial charge in [0.15, 0.2) is 0 Å².